The maximum atomic E-state index is 13.4. The number of hydrogen-bond acceptors (Lipinski definition) is 4. The predicted molar refractivity (Wildman–Crippen MR) is 57.5 cm³/mol. The first-order valence-electron chi connectivity index (χ1n) is 4.95. The molecule has 5 heteroatoms. The quantitative estimate of drug-likeness (QED) is 0.864. The van der Waals surface area contributed by atoms with Crippen molar-refractivity contribution in [3.05, 3.63) is 41.3 Å². The van der Waals surface area contributed by atoms with Crippen molar-refractivity contribution in [3.63, 3.8) is 0 Å². The Morgan fingerprint density at radius 3 is 2.81 bits per heavy atom. The summed E-state index contributed by atoms with van der Waals surface area (Å²) in [5.41, 5.74) is 1.32. The molecule has 0 spiro atoms. The fourth-order valence-corrected chi connectivity index (χ4v) is 1.44. The van der Waals surface area contributed by atoms with E-state index in [2.05, 4.69) is 15.5 Å². The number of aromatic nitrogens is 2. The molecule has 1 N–H and O–H groups in total. The van der Waals surface area contributed by atoms with Gasteiger partial charge in [0.2, 0.25) is 5.89 Å². The second-order valence-electron chi connectivity index (χ2n) is 3.51. The molecule has 0 aliphatic carbocycles. The summed E-state index contributed by atoms with van der Waals surface area (Å²) < 4.78 is 18.3. The Kier molecular flexibility index (Phi) is 2.85. The molecule has 1 heterocycles. The van der Waals surface area contributed by atoms with E-state index in [1.807, 2.05) is 13.0 Å². The molecule has 1 aromatic carbocycles. The first kappa shape index (κ1) is 10.6. The van der Waals surface area contributed by atoms with Gasteiger partial charge in [-0.25, -0.2) is 4.39 Å². The van der Waals surface area contributed by atoms with E-state index in [4.69, 9.17) is 4.52 Å². The zero-order valence-electron chi connectivity index (χ0n) is 9.12. The summed E-state index contributed by atoms with van der Waals surface area (Å²) in [5.74, 6) is 0.738. The van der Waals surface area contributed by atoms with E-state index in [1.54, 1.807) is 13.0 Å². The van der Waals surface area contributed by atoms with Gasteiger partial charge < -0.3 is 9.84 Å². The molecule has 0 radical (unpaired) electrons. The number of anilines is 1. The Balaban J connectivity index is 2.10. The van der Waals surface area contributed by atoms with Crippen molar-refractivity contribution in [3.8, 4) is 0 Å². The number of para-hydroxylation sites is 1. The summed E-state index contributed by atoms with van der Waals surface area (Å²) in [6.07, 6.45) is 0. The zero-order valence-corrected chi connectivity index (χ0v) is 9.12. The van der Waals surface area contributed by atoms with Crippen molar-refractivity contribution >= 4 is 5.69 Å². The third-order valence-corrected chi connectivity index (χ3v) is 2.21. The standard InChI is InChI=1S/C11H12FN3O/c1-7-4-3-5-9(12)11(7)13-6-10-14-8(2)16-15-10/h3-5,13H,6H2,1-2H3. The lowest BCUT2D eigenvalue weighted by Crippen LogP contribution is -2.04. The summed E-state index contributed by atoms with van der Waals surface area (Å²) >= 11 is 0. The van der Waals surface area contributed by atoms with Gasteiger partial charge in [0, 0.05) is 6.92 Å². The van der Waals surface area contributed by atoms with Crippen LogP contribution in [0.25, 0.3) is 0 Å². The molecular weight excluding hydrogens is 209 g/mol. The minimum atomic E-state index is -0.278. The van der Waals surface area contributed by atoms with Crippen LogP contribution < -0.4 is 5.32 Å². The maximum Gasteiger partial charge on any atom is 0.223 e. The van der Waals surface area contributed by atoms with Gasteiger partial charge in [-0.05, 0) is 18.6 Å². The van der Waals surface area contributed by atoms with E-state index in [-0.39, 0.29) is 5.82 Å². The number of hydrogen-bond donors (Lipinski definition) is 1. The van der Waals surface area contributed by atoms with Crippen molar-refractivity contribution < 1.29 is 8.91 Å². The van der Waals surface area contributed by atoms with Gasteiger partial charge in [-0.15, -0.1) is 0 Å². The van der Waals surface area contributed by atoms with E-state index in [9.17, 15) is 4.39 Å². The van der Waals surface area contributed by atoms with Crippen LogP contribution >= 0.6 is 0 Å². The van der Waals surface area contributed by atoms with Crippen LogP contribution in [-0.4, -0.2) is 10.1 Å². The number of benzene rings is 1. The Morgan fingerprint density at radius 2 is 2.19 bits per heavy atom. The van der Waals surface area contributed by atoms with Gasteiger partial charge in [0.25, 0.3) is 0 Å². The van der Waals surface area contributed by atoms with Gasteiger partial charge in [-0.3, -0.25) is 0 Å². The second-order valence-corrected chi connectivity index (χ2v) is 3.51. The van der Waals surface area contributed by atoms with Crippen molar-refractivity contribution in [2.24, 2.45) is 0 Å². The summed E-state index contributed by atoms with van der Waals surface area (Å²) in [6.45, 7) is 3.90. The number of nitrogens with zero attached hydrogens (tertiary/aromatic N) is 2. The number of aryl methyl sites for hydroxylation is 2. The smallest absolute Gasteiger partial charge is 0.223 e. The third kappa shape index (κ3) is 2.18. The molecule has 84 valence electrons. The van der Waals surface area contributed by atoms with E-state index in [0.29, 0.717) is 23.9 Å². The van der Waals surface area contributed by atoms with Crippen LogP contribution in [0.3, 0.4) is 0 Å². The average molecular weight is 221 g/mol. The fraction of sp³-hybridized carbons (Fsp3) is 0.273. The molecule has 2 aromatic rings. The van der Waals surface area contributed by atoms with Crippen LogP contribution in [0.5, 0.6) is 0 Å². The first-order chi connectivity index (χ1) is 7.66. The third-order valence-electron chi connectivity index (χ3n) is 2.21. The lowest BCUT2D eigenvalue weighted by Gasteiger charge is -2.07. The SMILES string of the molecule is Cc1nc(CNc2c(C)cccc2F)no1. The van der Waals surface area contributed by atoms with Crippen molar-refractivity contribution in [1.82, 2.24) is 10.1 Å². The predicted octanol–water partition coefficient (Wildman–Crippen LogP) is 2.44. The molecule has 0 atom stereocenters. The van der Waals surface area contributed by atoms with Crippen molar-refractivity contribution in [1.29, 1.82) is 0 Å². The van der Waals surface area contributed by atoms with Gasteiger partial charge in [-0.1, -0.05) is 17.3 Å². The highest BCUT2D eigenvalue weighted by atomic mass is 19.1. The largest absolute Gasteiger partial charge is 0.375 e. The highest BCUT2D eigenvalue weighted by Crippen LogP contribution is 2.18. The van der Waals surface area contributed by atoms with E-state index in [1.165, 1.54) is 6.07 Å². The Hall–Kier alpha value is -1.91. The topological polar surface area (TPSA) is 51.0 Å². The van der Waals surface area contributed by atoms with Crippen LogP contribution in [0.1, 0.15) is 17.3 Å². The zero-order chi connectivity index (χ0) is 11.5. The van der Waals surface area contributed by atoms with Crippen LogP contribution in [0.2, 0.25) is 0 Å². The molecule has 0 bridgehead atoms. The minimum absolute atomic E-state index is 0.278. The van der Waals surface area contributed by atoms with Crippen molar-refractivity contribution in [2.75, 3.05) is 5.32 Å². The number of halogens is 1. The van der Waals surface area contributed by atoms with Crippen LogP contribution in [-0.2, 0) is 6.54 Å². The maximum absolute atomic E-state index is 13.4. The van der Waals surface area contributed by atoms with Gasteiger partial charge in [0.1, 0.15) is 5.82 Å². The van der Waals surface area contributed by atoms with Gasteiger partial charge in [-0.2, -0.15) is 4.98 Å². The molecule has 0 saturated heterocycles. The molecule has 0 unspecified atom stereocenters. The summed E-state index contributed by atoms with van der Waals surface area (Å²) in [7, 11) is 0. The van der Waals surface area contributed by atoms with Crippen molar-refractivity contribution in [2.45, 2.75) is 20.4 Å². The summed E-state index contributed by atoms with van der Waals surface area (Å²) in [4.78, 5) is 4.02. The Labute approximate surface area is 92.5 Å². The lowest BCUT2D eigenvalue weighted by molar-refractivity contribution is 0.388. The lowest BCUT2D eigenvalue weighted by atomic mass is 10.2. The Bertz CT molecular complexity index is 475. The van der Waals surface area contributed by atoms with Gasteiger partial charge >= 0.3 is 0 Å². The molecule has 0 aliphatic rings. The first-order valence-corrected chi connectivity index (χ1v) is 4.95. The number of rotatable bonds is 3. The van der Waals surface area contributed by atoms with Crippen LogP contribution in [0, 0.1) is 19.7 Å². The fourth-order valence-electron chi connectivity index (χ4n) is 1.44. The average Bonchev–Trinajstić information content (AvgIpc) is 2.63. The Morgan fingerprint density at radius 1 is 1.38 bits per heavy atom. The molecule has 4 nitrogen and oxygen atoms in total. The monoisotopic (exact) mass is 221 g/mol. The normalized spacial score (nSPS) is 10.4. The molecular formula is C11H12FN3O. The molecule has 1 aromatic heterocycles. The molecule has 2 rings (SSSR count). The van der Waals surface area contributed by atoms with E-state index in [0.717, 1.165) is 5.56 Å². The molecule has 0 aliphatic heterocycles. The van der Waals surface area contributed by atoms with E-state index < -0.39 is 0 Å². The second kappa shape index (κ2) is 4.30. The molecule has 0 amide bonds. The van der Waals surface area contributed by atoms with Crippen LogP contribution in [0.4, 0.5) is 10.1 Å². The van der Waals surface area contributed by atoms with E-state index >= 15 is 0 Å². The molecule has 0 saturated carbocycles. The summed E-state index contributed by atoms with van der Waals surface area (Å²) in [6, 6.07) is 4.93. The van der Waals surface area contributed by atoms with Gasteiger partial charge in [0.05, 0.1) is 12.2 Å². The molecule has 0 fully saturated rings. The number of nitrogens with one attached hydrogen (secondary N) is 1. The highest BCUT2D eigenvalue weighted by Gasteiger charge is 2.06. The highest BCUT2D eigenvalue weighted by molar-refractivity contribution is 5.51. The van der Waals surface area contributed by atoms with Gasteiger partial charge in [0.15, 0.2) is 5.82 Å². The minimum Gasteiger partial charge on any atom is -0.375 e. The van der Waals surface area contributed by atoms with Crippen LogP contribution in [0.15, 0.2) is 22.7 Å². The molecule has 16 heavy (non-hydrogen) atoms. The summed E-state index contributed by atoms with van der Waals surface area (Å²) in [5, 5.41) is 6.67.